The van der Waals surface area contributed by atoms with E-state index in [1.807, 2.05) is 0 Å². The van der Waals surface area contributed by atoms with E-state index in [-0.39, 0.29) is 17.6 Å². The summed E-state index contributed by atoms with van der Waals surface area (Å²) in [6.45, 7) is 8.13. The Kier molecular flexibility index (Phi) is 7.09. The number of hydrogen-bond donors (Lipinski definition) is 1. The fourth-order valence-corrected chi connectivity index (χ4v) is 2.84. The number of hydrogen-bond acceptors (Lipinski definition) is 5. The molecule has 0 aliphatic carbocycles. The Balaban J connectivity index is 1.86. The lowest BCUT2D eigenvalue weighted by Gasteiger charge is -2.36. The second-order valence-electron chi connectivity index (χ2n) is 6.39. The highest BCUT2D eigenvalue weighted by atomic mass is 16.6. The minimum Gasteiger partial charge on any atom is -0.379 e. The molecule has 0 saturated carbocycles. The standard InChI is InChI=1S/C18H25N3O4/c1-14(2)17(20-9-11-25-12-10-20)13-19-18(22)8-5-15-3-6-16(7-4-15)21(23)24/h3-8,14,17H,9-13H2,1-2H3,(H,19,22)/b8-5+. The normalized spacial score (nSPS) is 16.9. The van der Waals surface area contributed by atoms with Crippen LogP contribution in [0.4, 0.5) is 5.69 Å². The summed E-state index contributed by atoms with van der Waals surface area (Å²) in [4.78, 5) is 24.6. The van der Waals surface area contributed by atoms with Crippen molar-refractivity contribution in [2.45, 2.75) is 19.9 Å². The topological polar surface area (TPSA) is 84.7 Å². The van der Waals surface area contributed by atoms with Crippen molar-refractivity contribution < 1.29 is 14.5 Å². The van der Waals surface area contributed by atoms with Gasteiger partial charge in [0.2, 0.25) is 5.91 Å². The van der Waals surface area contributed by atoms with Gasteiger partial charge in [-0.2, -0.15) is 0 Å². The molecule has 1 aromatic carbocycles. The molecule has 0 spiro atoms. The zero-order valence-corrected chi connectivity index (χ0v) is 14.7. The highest BCUT2D eigenvalue weighted by Crippen LogP contribution is 2.13. The van der Waals surface area contributed by atoms with Crippen LogP contribution in [0.25, 0.3) is 6.08 Å². The van der Waals surface area contributed by atoms with Gasteiger partial charge in [-0.05, 0) is 29.7 Å². The van der Waals surface area contributed by atoms with Gasteiger partial charge in [-0.1, -0.05) is 13.8 Å². The summed E-state index contributed by atoms with van der Waals surface area (Å²) in [6, 6.07) is 6.36. The molecule has 1 fully saturated rings. The average Bonchev–Trinajstić information content (AvgIpc) is 2.61. The summed E-state index contributed by atoms with van der Waals surface area (Å²) in [5.41, 5.74) is 0.779. The van der Waals surface area contributed by atoms with Crippen molar-refractivity contribution in [1.29, 1.82) is 0 Å². The SMILES string of the molecule is CC(C)C(CNC(=O)/C=C/c1ccc([N+](=O)[O-])cc1)N1CCOCC1. The quantitative estimate of drug-likeness (QED) is 0.464. The van der Waals surface area contributed by atoms with Crippen molar-refractivity contribution >= 4 is 17.7 Å². The van der Waals surface area contributed by atoms with Gasteiger partial charge in [-0.25, -0.2) is 0 Å². The van der Waals surface area contributed by atoms with Crippen molar-refractivity contribution in [2.75, 3.05) is 32.8 Å². The Morgan fingerprint density at radius 3 is 2.52 bits per heavy atom. The number of nitrogens with one attached hydrogen (secondary N) is 1. The summed E-state index contributed by atoms with van der Waals surface area (Å²) >= 11 is 0. The lowest BCUT2D eigenvalue weighted by molar-refractivity contribution is -0.384. The Labute approximate surface area is 147 Å². The van der Waals surface area contributed by atoms with Crippen LogP contribution in [-0.2, 0) is 9.53 Å². The minimum absolute atomic E-state index is 0.0342. The molecule has 1 atom stereocenters. The van der Waals surface area contributed by atoms with Crippen molar-refractivity contribution in [3.63, 3.8) is 0 Å². The van der Waals surface area contributed by atoms with Gasteiger partial charge in [0.15, 0.2) is 0 Å². The van der Waals surface area contributed by atoms with Crippen LogP contribution >= 0.6 is 0 Å². The highest BCUT2D eigenvalue weighted by Gasteiger charge is 2.23. The summed E-state index contributed by atoms with van der Waals surface area (Å²) in [6.07, 6.45) is 3.11. The largest absolute Gasteiger partial charge is 0.379 e. The fourth-order valence-electron chi connectivity index (χ4n) is 2.84. The van der Waals surface area contributed by atoms with Crippen LogP contribution in [0.5, 0.6) is 0 Å². The van der Waals surface area contributed by atoms with Gasteiger partial charge in [-0.3, -0.25) is 19.8 Å². The van der Waals surface area contributed by atoms with E-state index in [0.29, 0.717) is 12.5 Å². The van der Waals surface area contributed by atoms with Crippen LogP contribution in [0.3, 0.4) is 0 Å². The van der Waals surface area contributed by atoms with Crippen LogP contribution in [0.2, 0.25) is 0 Å². The van der Waals surface area contributed by atoms with Crippen LogP contribution in [0.1, 0.15) is 19.4 Å². The monoisotopic (exact) mass is 347 g/mol. The lowest BCUT2D eigenvalue weighted by atomic mass is 10.0. The third-order valence-electron chi connectivity index (χ3n) is 4.30. The number of benzene rings is 1. The zero-order valence-electron chi connectivity index (χ0n) is 14.7. The highest BCUT2D eigenvalue weighted by molar-refractivity contribution is 5.91. The number of ether oxygens (including phenoxy) is 1. The van der Waals surface area contributed by atoms with Gasteiger partial charge in [-0.15, -0.1) is 0 Å². The second kappa shape index (κ2) is 9.29. The number of amides is 1. The van der Waals surface area contributed by atoms with Crippen molar-refractivity contribution in [2.24, 2.45) is 5.92 Å². The van der Waals surface area contributed by atoms with Gasteiger partial charge in [0.1, 0.15) is 0 Å². The third kappa shape index (κ3) is 5.95. The summed E-state index contributed by atoms with van der Waals surface area (Å²) in [7, 11) is 0. The molecule has 2 rings (SSSR count). The number of nitrogens with zero attached hydrogens (tertiary/aromatic N) is 2. The zero-order chi connectivity index (χ0) is 18.2. The molecule has 0 radical (unpaired) electrons. The molecule has 0 bridgehead atoms. The van der Waals surface area contributed by atoms with E-state index in [4.69, 9.17) is 4.74 Å². The number of carbonyl (C=O) groups excluding carboxylic acids is 1. The molecule has 1 unspecified atom stereocenters. The molecule has 25 heavy (non-hydrogen) atoms. The number of rotatable bonds is 7. The molecule has 1 amide bonds. The Bertz CT molecular complexity index is 607. The first-order valence-electron chi connectivity index (χ1n) is 8.49. The van der Waals surface area contributed by atoms with Gasteiger partial charge in [0.05, 0.1) is 18.1 Å². The van der Waals surface area contributed by atoms with E-state index in [0.717, 1.165) is 31.9 Å². The molecule has 1 heterocycles. The number of carbonyl (C=O) groups is 1. The molecule has 0 aromatic heterocycles. The second-order valence-corrected chi connectivity index (χ2v) is 6.39. The van der Waals surface area contributed by atoms with E-state index in [9.17, 15) is 14.9 Å². The number of nitro benzene ring substituents is 1. The van der Waals surface area contributed by atoms with Gasteiger partial charge in [0, 0.05) is 43.9 Å². The van der Waals surface area contributed by atoms with Gasteiger partial charge >= 0.3 is 0 Å². The molecule has 7 heteroatoms. The predicted octanol–water partition coefficient (Wildman–Crippen LogP) is 2.08. The van der Waals surface area contributed by atoms with Crippen LogP contribution in [-0.4, -0.2) is 54.6 Å². The van der Waals surface area contributed by atoms with Gasteiger partial charge < -0.3 is 10.1 Å². The number of morpholine rings is 1. The smallest absolute Gasteiger partial charge is 0.269 e. The maximum Gasteiger partial charge on any atom is 0.269 e. The first kappa shape index (κ1) is 19.1. The first-order chi connectivity index (χ1) is 12.0. The molecular formula is C18H25N3O4. The van der Waals surface area contributed by atoms with Gasteiger partial charge in [0.25, 0.3) is 5.69 Å². The Morgan fingerprint density at radius 1 is 1.32 bits per heavy atom. The fraction of sp³-hybridized carbons (Fsp3) is 0.500. The van der Waals surface area contributed by atoms with E-state index in [1.54, 1.807) is 18.2 Å². The van der Waals surface area contributed by atoms with Crippen LogP contribution in [0, 0.1) is 16.0 Å². The van der Waals surface area contributed by atoms with Crippen LogP contribution in [0.15, 0.2) is 30.3 Å². The maximum atomic E-state index is 12.1. The van der Waals surface area contributed by atoms with E-state index in [2.05, 4.69) is 24.1 Å². The van der Waals surface area contributed by atoms with E-state index in [1.165, 1.54) is 18.2 Å². The van der Waals surface area contributed by atoms with E-state index >= 15 is 0 Å². The third-order valence-corrected chi connectivity index (χ3v) is 4.30. The first-order valence-corrected chi connectivity index (χ1v) is 8.49. The molecule has 1 aliphatic heterocycles. The average molecular weight is 347 g/mol. The maximum absolute atomic E-state index is 12.1. The Hall–Kier alpha value is -2.25. The Morgan fingerprint density at radius 2 is 1.96 bits per heavy atom. The van der Waals surface area contributed by atoms with E-state index < -0.39 is 4.92 Å². The van der Waals surface area contributed by atoms with Crippen LogP contribution < -0.4 is 5.32 Å². The molecule has 1 aromatic rings. The van der Waals surface area contributed by atoms with Crippen molar-refractivity contribution in [3.05, 3.63) is 46.0 Å². The lowest BCUT2D eigenvalue weighted by Crippen LogP contribution is -2.51. The number of nitro groups is 1. The number of non-ortho nitro benzene ring substituents is 1. The summed E-state index contributed by atoms with van der Waals surface area (Å²) in [5, 5.41) is 13.6. The predicted molar refractivity (Wildman–Crippen MR) is 96.2 cm³/mol. The molecule has 1 saturated heterocycles. The molecular weight excluding hydrogens is 322 g/mol. The summed E-state index contributed by atoms with van der Waals surface area (Å²) in [5.74, 6) is 0.259. The molecule has 1 N–H and O–H groups in total. The van der Waals surface area contributed by atoms with Crippen molar-refractivity contribution in [3.8, 4) is 0 Å². The minimum atomic E-state index is -0.447. The molecule has 7 nitrogen and oxygen atoms in total. The van der Waals surface area contributed by atoms with Crippen molar-refractivity contribution in [1.82, 2.24) is 10.2 Å². The molecule has 1 aliphatic rings. The summed E-state index contributed by atoms with van der Waals surface area (Å²) < 4.78 is 5.38. The molecule has 136 valence electrons.